The van der Waals surface area contributed by atoms with E-state index in [0.29, 0.717) is 41.9 Å². The highest BCUT2D eigenvalue weighted by Crippen LogP contribution is 2.29. The van der Waals surface area contributed by atoms with Gasteiger partial charge in [0.15, 0.2) is 10.9 Å². The molecule has 0 bridgehead atoms. The lowest BCUT2D eigenvalue weighted by atomic mass is 10.1. The molecule has 3 heterocycles. The molecule has 1 aliphatic heterocycles. The number of rotatable bonds is 7. The van der Waals surface area contributed by atoms with Crippen LogP contribution in [0.5, 0.6) is 5.75 Å². The number of benzene rings is 2. The lowest BCUT2D eigenvalue weighted by Gasteiger charge is -2.40. The minimum atomic E-state index is -0.0950. The maximum absolute atomic E-state index is 13.2. The Morgan fingerprint density at radius 1 is 1.08 bits per heavy atom. The molecule has 196 valence electrons. The highest BCUT2D eigenvalue weighted by Gasteiger charge is 2.30. The van der Waals surface area contributed by atoms with Gasteiger partial charge in [-0.15, -0.1) is 10.2 Å². The second-order valence-electron chi connectivity index (χ2n) is 8.80. The summed E-state index contributed by atoms with van der Waals surface area (Å²) in [7, 11) is 1.62. The Kier molecular flexibility index (Phi) is 7.85. The molecular weight excluding hydrogens is 570 g/mol. The van der Waals surface area contributed by atoms with Gasteiger partial charge in [-0.05, 0) is 67.6 Å². The van der Waals surface area contributed by atoms with Gasteiger partial charge in [0, 0.05) is 35.7 Å². The van der Waals surface area contributed by atoms with Crippen LogP contribution in [0.3, 0.4) is 0 Å². The number of amides is 2. The van der Waals surface area contributed by atoms with E-state index in [1.807, 2.05) is 75.9 Å². The SMILES string of the molecule is COc1ccc(-n2c(SCC(=O)N3CCN(C(=O)c4ccc(Br)cc4)C(C)C3)nnc2-c2ccco2)cc1. The van der Waals surface area contributed by atoms with E-state index >= 15 is 0 Å². The van der Waals surface area contributed by atoms with Gasteiger partial charge in [-0.25, -0.2) is 0 Å². The fraction of sp³-hybridized carbons (Fsp3) is 0.259. The van der Waals surface area contributed by atoms with Crippen molar-refractivity contribution in [2.75, 3.05) is 32.5 Å². The summed E-state index contributed by atoms with van der Waals surface area (Å²) in [6.07, 6.45) is 1.58. The number of methoxy groups -OCH3 is 1. The van der Waals surface area contributed by atoms with Crippen molar-refractivity contribution >= 4 is 39.5 Å². The molecule has 1 saturated heterocycles. The van der Waals surface area contributed by atoms with Crippen molar-refractivity contribution in [3.05, 3.63) is 77.0 Å². The van der Waals surface area contributed by atoms with Crippen LogP contribution in [0.1, 0.15) is 17.3 Å². The first-order chi connectivity index (χ1) is 18.4. The number of carbonyl (C=O) groups excluding carboxylic acids is 2. The fourth-order valence-electron chi connectivity index (χ4n) is 4.35. The highest BCUT2D eigenvalue weighted by molar-refractivity contribution is 9.10. The van der Waals surface area contributed by atoms with Crippen LogP contribution in [0.2, 0.25) is 0 Å². The van der Waals surface area contributed by atoms with Crippen molar-refractivity contribution in [3.63, 3.8) is 0 Å². The van der Waals surface area contributed by atoms with E-state index < -0.39 is 0 Å². The van der Waals surface area contributed by atoms with Crippen molar-refractivity contribution in [2.24, 2.45) is 0 Å². The molecule has 0 aliphatic carbocycles. The van der Waals surface area contributed by atoms with Gasteiger partial charge in [0.2, 0.25) is 11.7 Å². The molecule has 9 nitrogen and oxygen atoms in total. The molecule has 1 unspecified atom stereocenters. The van der Waals surface area contributed by atoms with Crippen molar-refractivity contribution in [1.82, 2.24) is 24.6 Å². The van der Waals surface area contributed by atoms with Crippen molar-refractivity contribution < 1.29 is 18.7 Å². The molecule has 1 aliphatic rings. The second-order valence-corrected chi connectivity index (χ2v) is 10.7. The van der Waals surface area contributed by atoms with E-state index in [4.69, 9.17) is 9.15 Å². The van der Waals surface area contributed by atoms with E-state index in [1.54, 1.807) is 19.4 Å². The summed E-state index contributed by atoms with van der Waals surface area (Å²) in [6, 6.07) is 18.4. The van der Waals surface area contributed by atoms with Crippen LogP contribution in [0.4, 0.5) is 0 Å². The highest BCUT2D eigenvalue weighted by atomic mass is 79.9. The summed E-state index contributed by atoms with van der Waals surface area (Å²) in [4.78, 5) is 29.8. The number of ether oxygens (including phenoxy) is 1. The van der Waals surface area contributed by atoms with Crippen LogP contribution >= 0.6 is 27.7 Å². The smallest absolute Gasteiger partial charge is 0.254 e. The summed E-state index contributed by atoms with van der Waals surface area (Å²) >= 11 is 4.72. The Morgan fingerprint density at radius 3 is 2.50 bits per heavy atom. The van der Waals surface area contributed by atoms with Gasteiger partial charge in [-0.3, -0.25) is 14.2 Å². The number of halogens is 1. The summed E-state index contributed by atoms with van der Waals surface area (Å²) in [6.45, 7) is 3.41. The van der Waals surface area contributed by atoms with E-state index in [1.165, 1.54) is 11.8 Å². The molecule has 0 N–H and O–H groups in total. The maximum Gasteiger partial charge on any atom is 0.254 e. The lowest BCUT2D eigenvalue weighted by Crippen LogP contribution is -2.55. The number of aromatic nitrogens is 3. The van der Waals surface area contributed by atoms with Crippen LogP contribution in [-0.2, 0) is 4.79 Å². The fourth-order valence-corrected chi connectivity index (χ4v) is 5.47. The molecule has 0 radical (unpaired) electrons. The molecule has 4 aromatic rings. The first-order valence-corrected chi connectivity index (χ1v) is 13.8. The van der Waals surface area contributed by atoms with Crippen molar-refractivity contribution in [2.45, 2.75) is 18.1 Å². The third-order valence-corrected chi connectivity index (χ3v) is 7.80. The number of carbonyl (C=O) groups is 2. The molecule has 2 aromatic heterocycles. The summed E-state index contributed by atoms with van der Waals surface area (Å²) in [5.74, 6) is 2.01. The van der Waals surface area contributed by atoms with Gasteiger partial charge in [0.25, 0.3) is 5.91 Å². The first kappa shape index (κ1) is 26.1. The van der Waals surface area contributed by atoms with Gasteiger partial charge in [0.05, 0.1) is 24.8 Å². The van der Waals surface area contributed by atoms with Crippen LogP contribution in [0, 0.1) is 0 Å². The Hall–Kier alpha value is -3.57. The normalized spacial score (nSPS) is 15.5. The number of hydrogen-bond acceptors (Lipinski definition) is 7. The molecule has 0 saturated carbocycles. The zero-order valence-corrected chi connectivity index (χ0v) is 23.3. The first-order valence-electron chi connectivity index (χ1n) is 12.1. The van der Waals surface area contributed by atoms with Crippen molar-refractivity contribution in [1.29, 1.82) is 0 Å². The van der Waals surface area contributed by atoms with E-state index in [2.05, 4.69) is 26.1 Å². The number of thioether (sulfide) groups is 1. The lowest BCUT2D eigenvalue weighted by molar-refractivity contribution is -0.130. The Balaban J connectivity index is 1.27. The molecule has 1 atom stereocenters. The van der Waals surface area contributed by atoms with Crippen LogP contribution in [0.15, 0.2) is 81.0 Å². The maximum atomic E-state index is 13.2. The molecule has 11 heteroatoms. The second kappa shape index (κ2) is 11.4. The van der Waals surface area contributed by atoms with E-state index in [0.717, 1.165) is 15.9 Å². The molecule has 0 spiro atoms. The van der Waals surface area contributed by atoms with Gasteiger partial charge in [-0.1, -0.05) is 27.7 Å². The summed E-state index contributed by atoms with van der Waals surface area (Å²) < 4.78 is 13.7. The Labute approximate surface area is 232 Å². The molecule has 1 fully saturated rings. The largest absolute Gasteiger partial charge is 0.497 e. The predicted octanol–water partition coefficient (Wildman–Crippen LogP) is 4.76. The molecule has 38 heavy (non-hydrogen) atoms. The van der Waals surface area contributed by atoms with Gasteiger partial charge >= 0.3 is 0 Å². The quantitative estimate of drug-likeness (QED) is 0.284. The van der Waals surface area contributed by atoms with Crippen LogP contribution in [0.25, 0.3) is 17.3 Å². The summed E-state index contributed by atoms with van der Waals surface area (Å²) in [5.41, 5.74) is 1.46. The monoisotopic (exact) mass is 595 g/mol. The topological polar surface area (TPSA) is 93.7 Å². The molecule has 5 rings (SSSR count). The van der Waals surface area contributed by atoms with Gasteiger partial charge < -0.3 is 19.0 Å². The van der Waals surface area contributed by atoms with Crippen molar-refractivity contribution in [3.8, 4) is 23.0 Å². The minimum Gasteiger partial charge on any atom is -0.497 e. The molecule has 2 aromatic carbocycles. The predicted molar refractivity (Wildman–Crippen MR) is 148 cm³/mol. The number of nitrogens with zero attached hydrogens (tertiary/aromatic N) is 5. The number of hydrogen-bond donors (Lipinski definition) is 0. The molecule has 2 amide bonds. The number of piperazine rings is 1. The average Bonchev–Trinajstić information content (AvgIpc) is 3.62. The van der Waals surface area contributed by atoms with Gasteiger partial charge in [-0.2, -0.15) is 0 Å². The van der Waals surface area contributed by atoms with Crippen LogP contribution in [-0.4, -0.2) is 74.9 Å². The zero-order valence-electron chi connectivity index (χ0n) is 20.9. The third-order valence-electron chi connectivity index (χ3n) is 6.36. The Morgan fingerprint density at radius 2 is 1.84 bits per heavy atom. The van der Waals surface area contributed by atoms with Gasteiger partial charge in [0.1, 0.15) is 5.75 Å². The third kappa shape index (κ3) is 5.48. The zero-order chi connectivity index (χ0) is 26.6. The average molecular weight is 597 g/mol. The number of furan rings is 1. The Bertz CT molecular complexity index is 1410. The summed E-state index contributed by atoms with van der Waals surface area (Å²) in [5, 5.41) is 9.27. The van der Waals surface area contributed by atoms with Crippen LogP contribution < -0.4 is 4.74 Å². The van der Waals surface area contributed by atoms with E-state index in [9.17, 15) is 9.59 Å². The minimum absolute atomic E-state index is 0.0126. The standard InChI is InChI=1S/C27H26BrN5O4S/c1-18-16-31(13-14-32(18)26(35)19-5-7-20(28)8-6-19)24(34)17-38-27-30-29-25(23-4-3-15-37-23)33(27)21-9-11-22(36-2)12-10-21/h3-12,15,18H,13-14,16-17H2,1-2H3. The van der Waals surface area contributed by atoms with E-state index in [-0.39, 0.29) is 23.6 Å². The molecular formula is C27H26BrN5O4S.